The first-order valence-electron chi connectivity index (χ1n) is 13.0. The van der Waals surface area contributed by atoms with Crippen molar-refractivity contribution in [3.63, 3.8) is 0 Å². The lowest BCUT2D eigenvalue weighted by Gasteiger charge is -2.23. The summed E-state index contributed by atoms with van der Waals surface area (Å²) in [4.78, 5) is 13.1. The molecule has 0 bridgehead atoms. The Labute approximate surface area is 219 Å². The molecule has 0 heterocycles. The average Bonchev–Trinajstić information content (AvgIpc) is 3.29. The van der Waals surface area contributed by atoms with Crippen molar-refractivity contribution < 1.29 is 23.1 Å². The van der Waals surface area contributed by atoms with Crippen molar-refractivity contribution in [1.82, 2.24) is 4.72 Å². The minimum atomic E-state index is -4.14. The molecule has 2 N–H and O–H groups in total. The van der Waals surface area contributed by atoms with Crippen molar-refractivity contribution in [1.29, 1.82) is 0 Å². The number of nitrogens with one attached hydrogen (secondary N) is 1. The summed E-state index contributed by atoms with van der Waals surface area (Å²) in [5.41, 5.74) is 4.50. The monoisotopic (exact) mass is 521 g/mol. The molecule has 0 amide bonds. The fraction of sp³-hybridized carbons (Fsp3) is 0.367. The first-order chi connectivity index (χ1) is 17.9. The molecule has 2 unspecified atom stereocenters. The van der Waals surface area contributed by atoms with Gasteiger partial charge >= 0.3 is 5.97 Å². The number of carbonyl (C=O) groups excluding carboxylic acids is 1. The number of benzene rings is 3. The summed E-state index contributed by atoms with van der Waals surface area (Å²) in [6, 6.07) is 20.0. The van der Waals surface area contributed by atoms with Crippen molar-refractivity contribution in [3.05, 3.63) is 89.5 Å². The molecule has 7 heteroatoms. The summed E-state index contributed by atoms with van der Waals surface area (Å²) < 4.78 is 34.8. The molecule has 3 aromatic rings. The van der Waals surface area contributed by atoms with Gasteiger partial charge in [-0.05, 0) is 52.8 Å². The van der Waals surface area contributed by atoms with E-state index in [1.807, 2.05) is 30.3 Å². The van der Waals surface area contributed by atoms with Gasteiger partial charge in [-0.15, -0.1) is 0 Å². The van der Waals surface area contributed by atoms with Crippen molar-refractivity contribution in [2.24, 2.45) is 0 Å². The maximum Gasteiger partial charge on any atom is 0.327 e. The van der Waals surface area contributed by atoms with Crippen molar-refractivity contribution in [2.45, 2.75) is 68.9 Å². The van der Waals surface area contributed by atoms with Gasteiger partial charge in [-0.1, -0.05) is 99.7 Å². The van der Waals surface area contributed by atoms with Crippen LogP contribution in [0.1, 0.15) is 68.2 Å². The largest absolute Gasteiger partial charge is 0.464 e. The summed E-state index contributed by atoms with van der Waals surface area (Å²) in [6.07, 6.45) is 5.52. The van der Waals surface area contributed by atoms with Gasteiger partial charge in [0.2, 0.25) is 10.0 Å². The van der Waals surface area contributed by atoms with Gasteiger partial charge in [-0.25, -0.2) is 8.42 Å². The number of aliphatic hydroxyl groups excluding tert-OH is 1. The number of unbranched alkanes of at least 4 members (excludes halogenated alkanes) is 5. The predicted molar refractivity (Wildman–Crippen MR) is 145 cm³/mol. The highest BCUT2D eigenvalue weighted by Crippen LogP contribution is 2.37. The first kappa shape index (κ1) is 27.0. The average molecular weight is 522 g/mol. The topological polar surface area (TPSA) is 92.7 Å². The first-order valence-corrected chi connectivity index (χ1v) is 14.5. The number of aliphatic hydroxyl groups is 1. The molecule has 1 aliphatic carbocycles. The van der Waals surface area contributed by atoms with Crippen LogP contribution in [0.4, 0.5) is 0 Å². The van der Waals surface area contributed by atoms with E-state index in [4.69, 9.17) is 4.74 Å². The van der Waals surface area contributed by atoms with Crippen LogP contribution in [0.25, 0.3) is 11.1 Å². The van der Waals surface area contributed by atoms with E-state index in [2.05, 4.69) is 11.6 Å². The Hall–Kier alpha value is -3.00. The Balaban J connectivity index is 1.51. The van der Waals surface area contributed by atoms with Crippen LogP contribution in [-0.4, -0.2) is 32.1 Å². The maximum absolute atomic E-state index is 13.4. The minimum absolute atomic E-state index is 0.0388. The molecule has 37 heavy (non-hydrogen) atoms. The van der Waals surface area contributed by atoms with E-state index in [1.165, 1.54) is 6.42 Å². The van der Waals surface area contributed by atoms with Crippen LogP contribution in [0.5, 0.6) is 0 Å². The van der Waals surface area contributed by atoms with E-state index >= 15 is 0 Å². The Morgan fingerprint density at radius 3 is 2.35 bits per heavy atom. The van der Waals surface area contributed by atoms with Gasteiger partial charge in [0.15, 0.2) is 0 Å². The molecule has 0 spiro atoms. The second-order valence-electron chi connectivity index (χ2n) is 9.54. The highest BCUT2D eigenvalue weighted by molar-refractivity contribution is 7.89. The third-order valence-corrected chi connectivity index (χ3v) is 8.25. The molecular formula is C30H35NO5S. The SMILES string of the molecule is CCCCCCCCOC(=O)C(NS(=O)(=O)c1ccc2c(c1)-c1ccccc1C2)C(O)c1ccccc1. The van der Waals surface area contributed by atoms with Gasteiger partial charge in [-0.2, -0.15) is 4.72 Å². The Morgan fingerprint density at radius 1 is 0.892 bits per heavy atom. The van der Waals surface area contributed by atoms with E-state index < -0.39 is 28.1 Å². The van der Waals surface area contributed by atoms with E-state index in [1.54, 1.807) is 42.5 Å². The standard InChI is InChI=1S/C30H35NO5S/c1-2-3-4-5-6-12-19-36-30(33)28(29(32)22-13-8-7-9-14-22)31-37(34,35)25-18-17-24-20-23-15-10-11-16-26(23)27(24)21-25/h7-11,13-18,21,28-29,31-32H,2-6,12,19-20H2,1H3. The van der Waals surface area contributed by atoms with E-state index in [9.17, 15) is 18.3 Å². The normalized spacial score (nSPS) is 14.0. The van der Waals surface area contributed by atoms with E-state index in [-0.39, 0.29) is 11.5 Å². The maximum atomic E-state index is 13.4. The molecule has 2 atom stereocenters. The van der Waals surface area contributed by atoms with Crippen molar-refractivity contribution >= 4 is 16.0 Å². The van der Waals surface area contributed by atoms with E-state index in [0.717, 1.165) is 54.4 Å². The van der Waals surface area contributed by atoms with E-state index in [0.29, 0.717) is 12.0 Å². The third-order valence-electron chi connectivity index (χ3n) is 6.82. The van der Waals surface area contributed by atoms with Gasteiger partial charge in [0.05, 0.1) is 11.5 Å². The molecule has 6 nitrogen and oxygen atoms in total. The number of rotatable bonds is 13. The second-order valence-corrected chi connectivity index (χ2v) is 11.3. The summed E-state index contributed by atoms with van der Waals surface area (Å²) in [7, 11) is -4.14. The zero-order chi connectivity index (χ0) is 26.3. The molecular weight excluding hydrogens is 486 g/mol. The fourth-order valence-electron chi connectivity index (χ4n) is 4.73. The summed E-state index contributed by atoms with van der Waals surface area (Å²) in [6.45, 7) is 2.34. The number of carbonyl (C=O) groups is 1. The molecule has 0 fully saturated rings. The highest BCUT2D eigenvalue weighted by atomic mass is 32.2. The van der Waals surface area contributed by atoms with Gasteiger partial charge < -0.3 is 9.84 Å². The molecule has 196 valence electrons. The number of ether oxygens (including phenoxy) is 1. The van der Waals surface area contributed by atoms with Crippen LogP contribution < -0.4 is 4.72 Å². The zero-order valence-corrected chi connectivity index (χ0v) is 22.0. The number of fused-ring (bicyclic) bond motifs is 3. The lowest BCUT2D eigenvalue weighted by molar-refractivity contribution is -0.148. The number of hydrogen-bond donors (Lipinski definition) is 2. The fourth-order valence-corrected chi connectivity index (χ4v) is 5.95. The minimum Gasteiger partial charge on any atom is -0.464 e. The van der Waals surface area contributed by atoms with Crippen LogP contribution in [0.2, 0.25) is 0 Å². The summed E-state index contributed by atoms with van der Waals surface area (Å²) >= 11 is 0. The number of hydrogen-bond acceptors (Lipinski definition) is 5. The van der Waals surface area contributed by atoms with Crippen LogP contribution in [-0.2, 0) is 26.0 Å². The molecule has 4 rings (SSSR count). The molecule has 3 aromatic carbocycles. The van der Waals surface area contributed by atoms with Crippen LogP contribution >= 0.6 is 0 Å². The van der Waals surface area contributed by atoms with Crippen molar-refractivity contribution in [3.8, 4) is 11.1 Å². The predicted octanol–water partition coefficient (Wildman–Crippen LogP) is 5.54. The van der Waals surface area contributed by atoms with Crippen LogP contribution in [0, 0.1) is 0 Å². The second kappa shape index (κ2) is 12.5. The summed E-state index contributed by atoms with van der Waals surface area (Å²) in [5, 5.41) is 11.0. The molecule has 0 aromatic heterocycles. The zero-order valence-electron chi connectivity index (χ0n) is 21.2. The molecule has 0 saturated heterocycles. The van der Waals surface area contributed by atoms with Gasteiger partial charge in [0.1, 0.15) is 12.1 Å². The number of esters is 1. The smallest absolute Gasteiger partial charge is 0.327 e. The lowest BCUT2D eigenvalue weighted by Crippen LogP contribution is -2.46. The third kappa shape index (κ3) is 6.66. The van der Waals surface area contributed by atoms with Gasteiger partial charge in [0.25, 0.3) is 0 Å². The Kier molecular flexibility index (Phi) is 9.14. The Bertz CT molecular complexity index is 1310. The van der Waals surface area contributed by atoms with Crippen LogP contribution in [0.3, 0.4) is 0 Å². The lowest BCUT2D eigenvalue weighted by atomic mass is 10.0. The Morgan fingerprint density at radius 2 is 1.57 bits per heavy atom. The highest BCUT2D eigenvalue weighted by Gasteiger charge is 2.34. The molecule has 0 aliphatic heterocycles. The van der Waals surface area contributed by atoms with Crippen LogP contribution in [0.15, 0.2) is 77.7 Å². The molecule has 1 aliphatic rings. The molecule has 0 radical (unpaired) electrons. The van der Waals surface area contributed by atoms with Gasteiger partial charge in [0, 0.05) is 0 Å². The summed E-state index contributed by atoms with van der Waals surface area (Å²) in [5.74, 6) is -0.792. The number of sulfonamides is 1. The van der Waals surface area contributed by atoms with Gasteiger partial charge in [-0.3, -0.25) is 4.79 Å². The quantitative estimate of drug-likeness (QED) is 0.178. The van der Waals surface area contributed by atoms with Crippen molar-refractivity contribution in [2.75, 3.05) is 6.61 Å². The molecule has 0 saturated carbocycles.